The number of aromatic nitrogens is 3. The fraction of sp³-hybridized carbons (Fsp3) is 0.261. The zero-order valence-corrected chi connectivity index (χ0v) is 18.5. The maximum absolute atomic E-state index is 12.4. The maximum atomic E-state index is 12.4. The molecule has 0 unspecified atom stereocenters. The quantitative estimate of drug-likeness (QED) is 0.360. The van der Waals surface area contributed by atoms with E-state index in [1.54, 1.807) is 13.2 Å². The summed E-state index contributed by atoms with van der Waals surface area (Å²) in [6, 6.07) is 17.1. The molecule has 1 N–H and O–H groups in total. The van der Waals surface area contributed by atoms with E-state index in [0.29, 0.717) is 23.3 Å². The first-order valence-electron chi connectivity index (χ1n) is 9.87. The van der Waals surface area contributed by atoms with Crippen LogP contribution < -0.4 is 14.8 Å². The Kier molecular flexibility index (Phi) is 8.12. The van der Waals surface area contributed by atoms with Crippen molar-refractivity contribution in [1.82, 2.24) is 20.1 Å². The molecular weight excluding hydrogens is 412 g/mol. The van der Waals surface area contributed by atoms with Crippen LogP contribution >= 0.6 is 11.8 Å². The zero-order chi connectivity index (χ0) is 22.1. The van der Waals surface area contributed by atoms with Crippen molar-refractivity contribution in [3.05, 3.63) is 78.6 Å². The van der Waals surface area contributed by atoms with Crippen LogP contribution in [0.5, 0.6) is 11.5 Å². The highest BCUT2D eigenvalue weighted by Gasteiger charge is 2.15. The molecule has 0 fully saturated rings. The van der Waals surface area contributed by atoms with Crippen molar-refractivity contribution in [3.63, 3.8) is 0 Å². The normalized spacial score (nSPS) is 11.5. The predicted octanol–water partition coefficient (Wildman–Crippen LogP) is 4.02. The lowest BCUT2D eigenvalue weighted by atomic mass is 10.1. The zero-order valence-electron chi connectivity index (χ0n) is 17.7. The molecule has 1 aromatic heterocycles. The van der Waals surface area contributed by atoms with Crippen LogP contribution in [-0.2, 0) is 17.9 Å². The third-order valence-corrected chi connectivity index (χ3v) is 5.51. The van der Waals surface area contributed by atoms with E-state index in [-0.39, 0.29) is 24.3 Å². The summed E-state index contributed by atoms with van der Waals surface area (Å²) in [6.45, 7) is 6.55. The molecule has 0 aliphatic heterocycles. The number of nitrogens with one attached hydrogen (secondary N) is 1. The van der Waals surface area contributed by atoms with E-state index in [2.05, 4.69) is 22.1 Å². The van der Waals surface area contributed by atoms with Gasteiger partial charge in [0.05, 0.1) is 18.9 Å². The average Bonchev–Trinajstić information content (AvgIpc) is 3.19. The summed E-state index contributed by atoms with van der Waals surface area (Å²) in [7, 11) is 1.62. The molecule has 3 aromatic rings. The van der Waals surface area contributed by atoms with Crippen molar-refractivity contribution in [2.75, 3.05) is 12.9 Å². The molecule has 0 aliphatic carbocycles. The fourth-order valence-corrected chi connectivity index (χ4v) is 3.68. The number of carbonyl (C=O) groups excluding carboxylic acids is 1. The number of methoxy groups -OCH3 is 1. The highest BCUT2D eigenvalue weighted by molar-refractivity contribution is 7.99. The Morgan fingerprint density at radius 2 is 1.87 bits per heavy atom. The Balaban J connectivity index is 1.57. The molecule has 8 heteroatoms. The summed E-state index contributed by atoms with van der Waals surface area (Å²) in [4.78, 5) is 12.4. The molecule has 1 amide bonds. The van der Waals surface area contributed by atoms with E-state index in [9.17, 15) is 4.79 Å². The molecule has 1 heterocycles. The highest BCUT2D eigenvalue weighted by Crippen LogP contribution is 2.21. The maximum Gasteiger partial charge on any atom is 0.230 e. The van der Waals surface area contributed by atoms with Gasteiger partial charge in [-0.25, -0.2) is 0 Å². The molecule has 0 radical (unpaired) electrons. The molecule has 1 atom stereocenters. The summed E-state index contributed by atoms with van der Waals surface area (Å²) >= 11 is 1.34. The summed E-state index contributed by atoms with van der Waals surface area (Å²) in [5, 5.41) is 12.1. The molecule has 0 saturated carbocycles. The van der Waals surface area contributed by atoms with Gasteiger partial charge in [0.15, 0.2) is 11.0 Å². The van der Waals surface area contributed by atoms with Crippen molar-refractivity contribution in [2.24, 2.45) is 0 Å². The van der Waals surface area contributed by atoms with Crippen LogP contribution in [0.3, 0.4) is 0 Å². The van der Waals surface area contributed by atoms with Gasteiger partial charge in [-0.15, -0.1) is 16.8 Å². The number of carbonyl (C=O) groups is 1. The van der Waals surface area contributed by atoms with Gasteiger partial charge in [0.25, 0.3) is 0 Å². The van der Waals surface area contributed by atoms with Gasteiger partial charge in [-0.2, -0.15) is 0 Å². The minimum absolute atomic E-state index is 0.0613. The number of thioether (sulfide) groups is 1. The molecule has 0 bridgehead atoms. The highest BCUT2D eigenvalue weighted by atomic mass is 32.2. The van der Waals surface area contributed by atoms with E-state index in [0.717, 1.165) is 11.3 Å². The molecule has 3 rings (SSSR count). The van der Waals surface area contributed by atoms with Gasteiger partial charge in [-0.3, -0.25) is 9.36 Å². The van der Waals surface area contributed by atoms with Crippen LogP contribution in [0.1, 0.15) is 24.4 Å². The van der Waals surface area contributed by atoms with E-state index < -0.39 is 0 Å². The number of allylic oxidation sites excluding steroid dienone is 1. The summed E-state index contributed by atoms with van der Waals surface area (Å²) in [6.07, 6.45) is 1.77. The second-order valence-corrected chi connectivity index (χ2v) is 7.69. The number of hydrogen-bond donors (Lipinski definition) is 1. The van der Waals surface area contributed by atoms with Gasteiger partial charge in [0, 0.05) is 6.54 Å². The van der Waals surface area contributed by atoms with Crippen molar-refractivity contribution in [1.29, 1.82) is 0 Å². The van der Waals surface area contributed by atoms with E-state index in [1.165, 1.54) is 11.8 Å². The first kappa shape index (κ1) is 22.4. The number of benzene rings is 2. The van der Waals surface area contributed by atoms with Crippen molar-refractivity contribution in [2.45, 2.75) is 31.3 Å². The Hall–Kier alpha value is -3.26. The number of amides is 1. The van der Waals surface area contributed by atoms with Crippen LogP contribution in [-0.4, -0.2) is 33.5 Å². The summed E-state index contributed by atoms with van der Waals surface area (Å²) in [5.74, 6) is 2.31. The monoisotopic (exact) mass is 438 g/mol. The Labute approximate surface area is 186 Å². The molecule has 0 aliphatic rings. The topological polar surface area (TPSA) is 78.3 Å². The second kappa shape index (κ2) is 11.2. The van der Waals surface area contributed by atoms with Crippen LogP contribution in [0.2, 0.25) is 0 Å². The van der Waals surface area contributed by atoms with Crippen LogP contribution in [0, 0.1) is 0 Å². The SMILES string of the molecule is C=CCn1c(COc2ccc(OC)cc2)nnc1SCC(=O)N[C@H](C)c1ccccc1. The third kappa shape index (κ3) is 6.36. The number of nitrogens with zero attached hydrogens (tertiary/aromatic N) is 3. The average molecular weight is 439 g/mol. The molecular formula is C23H26N4O3S. The minimum Gasteiger partial charge on any atom is -0.497 e. The van der Waals surface area contributed by atoms with E-state index in [4.69, 9.17) is 9.47 Å². The largest absolute Gasteiger partial charge is 0.497 e. The Morgan fingerprint density at radius 1 is 1.16 bits per heavy atom. The first-order chi connectivity index (χ1) is 15.1. The van der Waals surface area contributed by atoms with Gasteiger partial charge >= 0.3 is 0 Å². The Bertz CT molecular complexity index is 990. The summed E-state index contributed by atoms with van der Waals surface area (Å²) in [5.41, 5.74) is 1.06. The van der Waals surface area contributed by atoms with Gasteiger partial charge in [-0.05, 0) is 36.8 Å². The minimum atomic E-state index is -0.0643. The lowest BCUT2D eigenvalue weighted by molar-refractivity contribution is -0.119. The Morgan fingerprint density at radius 3 is 2.55 bits per heavy atom. The molecule has 31 heavy (non-hydrogen) atoms. The van der Waals surface area contributed by atoms with E-state index >= 15 is 0 Å². The number of ether oxygens (including phenoxy) is 2. The third-order valence-electron chi connectivity index (χ3n) is 4.54. The fourth-order valence-electron chi connectivity index (χ4n) is 2.90. The first-order valence-corrected chi connectivity index (χ1v) is 10.9. The van der Waals surface area contributed by atoms with Gasteiger partial charge in [0.2, 0.25) is 5.91 Å². The molecule has 0 saturated heterocycles. The second-order valence-electron chi connectivity index (χ2n) is 6.75. The van der Waals surface area contributed by atoms with Gasteiger partial charge < -0.3 is 14.8 Å². The molecule has 162 valence electrons. The number of hydrogen-bond acceptors (Lipinski definition) is 6. The van der Waals surface area contributed by atoms with E-state index in [1.807, 2.05) is 66.1 Å². The van der Waals surface area contributed by atoms with Crippen molar-refractivity contribution >= 4 is 17.7 Å². The van der Waals surface area contributed by atoms with Crippen molar-refractivity contribution in [3.8, 4) is 11.5 Å². The van der Waals surface area contributed by atoms with Crippen molar-refractivity contribution < 1.29 is 14.3 Å². The summed E-state index contributed by atoms with van der Waals surface area (Å²) < 4.78 is 12.9. The van der Waals surface area contributed by atoms with Crippen LogP contribution in [0.25, 0.3) is 0 Å². The molecule has 2 aromatic carbocycles. The molecule has 7 nitrogen and oxygen atoms in total. The molecule has 0 spiro atoms. The smallest absolute Gasteiger partial charge is 0.230 e. The standard InChI is InChI=1S/C23H26N4O3S/c1-4-14-27-21(15-30-20-12-10-19(29-3)11-13-20)25-26-23(27)31-16-22(28)24-17(2)18-8-6-5-7-9-18/h4-13,17H,1,14-16H2,2-3H3,(H,24,28)/t17-/m1/s1. The van der Waals surface area contributed by atoms with Crippen LogP contribution in [0.15, 0.2) is 72.4 Å². The van der Waals surface area contributed by atoms with Gasteiger partial charge in [-0.1, -0.05) is 48.2 Å². The lowest BCUT2D eigenvalue weighted by Gasteiger charge is -2.14. The number of rotatable bonds is 11. The van der Waals surface area contributed by atoms with Crippen LogP contribution in [0.4, 0.5) is 0 Å². The lowest BCUT2D eigenvalue weighted by Crippen LogP contribution is -2.28. The van der Waals surface area contributed by atoms with Gasteiger partial charge in [0.1, 0.15) is 18.1 Å². The predicted molar refractivity (Wildman–Crippen MR) is 121 cm³/mol.